The molecule has 1 fully saturated rings. The topological polar surface area (TPSA) is 45.2 Å². The van der Waals surface area contributed by atoms with Crippen LogP contribution in [0, 0.1) is 0 Å². The van der Waals surface area contributed by atoms with Gasteiger partial charge in [0.1, 0.15) is 11.7 Å². The van der Waals surface area contributed by atoms with Gasteiger partial charge in [-0.05, 0) is 25.3 Å². The molecule has 0 spiro atoms. The zero-order chi connectivity index (χ0) is 11.1. The Morgan fingerprint density at radius 2 is 2.38 bits per heavy atom. The highest BCUT2D eigenvalue weighted by Crippen LogP contribution is 2.38. The highest BCUT2D eigenvalue weighted by molar-refractivity contribution is 6.33. The van der Waals surface area contributed by atoms with E-state index >= 15 is 0 Å². The molecule has 2 aliphatic heterocycles. The number of amides is 1. The first-order valence-corrected chi connectivity index (χ1v) is 5.87. The van der Waals surface area contributed by atoms with E-state index < -0.39 is 0 Å². The van der Waals surface area contributed by atoms with E-state index in [9.17, 15) is 4.79 Å². The fourth-order valence-corrected chi connectivity index (χ4v) is 2.68. The molecule has 1 unspecified atom stereocenters. The summed E-state index contributed by atoms with van der Waals surface area (Å²) in [6.45, 7) is 0.922. The smallest absolute Gasteiger partial charge is 0.247 e. The molecule has 1 N–H and O–H groups in total. The summed E-state index contributed by atoms with van der Waals surface area (Å²) in [5, 5.41) is 3.22. The SMILES string of the molecule is O=C1Nc2c(ccnc2Cl)N2CCCCC12. The van der Waals surface area contributed by atoms with E-state index in [-0.39, 0.29) is 11.9 Å². The fourth-order valence-electron chi connectivity index (χ4n) is 2.48. The summed E-state index contributed by atoms with van der Waals surface area (Å²) in [6, 6.07) is 1.89. The number of carbonyl (C=O) groups excluding carboxylic acids is 1. The number of nitrogens with zero attached hydrogens (tertiary/aromatic N) is 2. The lowest BCUT2D eigenvalue weighted by molar-refractivity contribution is -0.118. The molecule has 1 aromatic rings. The molecule has 1 atom stereocenters. The molecule has 1 saturated heterocycles. The van der Waals surface area contributed by atoms with Crippen molar-refractivity contribution in [1.29, 1.82) is 0 Å². The second kappa shape index (κ2) is 3.63. The average molecular weight is 238 g/mol. The first-order valence-electron chi connectivity index (χ1n) is 5.49. The lowest BCUT2D eigenvalue weighted by Crippen LogP contribution is -2.50. The number of nitrogens with one attached hydrogen (secondary N) is 1. The number of anilines is 2. The van der Waals surface area contributed by atoms with E-state index in [1.165, 1.54) is 0 Å². The van der Waals surface area contributed by atoms with Gasteiger partial charge in [0.2, 0.25) is 5.91 Å². The minimum atomic E-state index is -0.0280. The molecule has 84 valence electrons. The van der Waals surface area contributed by atoms with Crippen LogP contribution >= 0.6 is 11.6 Å². The maximum Gasteiger partial charge on any atom is 0.247 e. The molecule has 1 aromatic heterocycles. The van der Waals surface area contributed by atoms with Crippen molar-refractivity contribution in [3.8, 4) is 0 Å². The van der Waals surface area contributed by atoms with Crippen LogP contribution in [0.4, 0.5) is 11.4 Å². The maximum absolute atomic E-state index is 11.9. The van der Waals surface area contributed by atoms with Gasteiger partial charge in [-0.1, -0.05) is 11.6 Å². The number of halogens is 1. The third-order valence-electron chi connectivity index (χ3n) is 3.25. The number of fused-ring (bicyclic) bond motifs is 3. The number of pyridine rings is 1. The van der Waals surface area contributed by atoms with Gasteiger partial charge in [0.15, 0.2) is 5.15 Å². The van der Waals surface area contributed by atoms with Gasteiger partial charge in [0, 0.05) is 12.7 Å². The second-order valence-electron chi connectivity index (χ2n) is 4.19. The van der Waals surface area contributed by atoms with E-state index in [1.54, 1.807) is 6.20 Å². The Hall–Kier alpha value is -1.29. The number of carbonyl (C=O) groups is 1. The average Bonchev–Trinajstić information content (AvgIpc) is 2.31. The van der Waals surface area contributed by atoms with Crippen molar-refractivity contribution in [2.24, 2.45) is 0 Å². The van der Waals surface area contributed by atoms with Crippen LogP contribution in [-0.2, 0) is 4.79 Å². The molecule has 0 bridgehead atoms. The Labute approximate surface area is 98.6 Å². The molecule has 0 aliphatic carbocycles. The van der Waals surface area contributed by atoms with Crippen molar-refractivity contribution >= 4 is 28.9 Å². The normalized spacial score (nSPS) is 23.4. The highest BCUT2D eigenvalue weighted by Gasteiger charge is 2.35. The van der Waals surface area contributed by atoms with Crippen LogP contribution in [0.25, 0.3) is 0 Å². The molecular formula is C11H12ClN3O. The number of piperidine rings is 1. The Morgan fingerprint density at radius 3 is 3.25 bits per heavy atom. The van der Waals surface area contributed by atoms with E-state index in [0.29, 0.717) is 10.8 Å². The molecule has 2 aliphatic rings. The van der Waals surface area contributed by atoms with Crippen LogP contribution in [0.3, 0.4) is 0 Å². The Bertz CT molecular complexity index is 449. The third-order valence-corrected chi connectivity index (χ3v) is 3.53. The summed E-state index contributed by atoms with van der Waals surface area (Å²) >= 11 is 5.99. The van der Waals surface area contributed by atoms with Crippen LogP contribution in [0.5, 0.6) is 0 Å². The van der Waals surface area contributed by atoms with Gasteiger partial charge in [0.05, 0.1) is 5.69 Å². The second-order valence-corrected chi connectivity index (χ2v) is 4.55. The lowest BCUT2D eigenvalue weighted by Gasteiger charge is -2.40. The Morgan fingerprint density at radius 1 is 1.50 bits per heavy atom. The van der Waals surface area contributed by atoms with Crippen LogP contribution < -0.4 is 10.2 Å². The molecule has 16 heavy (non-hydrogen) atoms. The van der Waals surface area contributed by atoms with Crippen LogP contribution in [0.1, 0.15) is 19.3 Å². The molecule has 4 nitrogen and oxygen atoms in total. The Kier molecular flexibility index (Phi) is 2.24. The summed E-state index contributed by atoms with van der Waals surface area (Å²) in [6.07, 6.45) is 4.85. The Balaban J connectivity index is 2.10. The monoisotopic (exact) mass is 237 g/mol. The molecule has 0 aromatic carbocycles. The first-order chi connectivity index (χ1) is 7.77. The zero-order valence-corrected chi connectivity index (χ0v) is 9.50. The summed E-state index contributed by atoms with van der Waals surface area (Å²) in [5.74, 6) is 0.0436. The summed E-state index contributed by atoms with van der Waals surface area (Å²) < 4.78 is 0. The van der Waals surface area contributed by atoms with Crippen molar-refractivity contribution in [2.45, 2.75) is 25.3 Å². The number of hydrogen-bond acceptors (Lipinski definition) is 3. The molecule has 1 amide bonds. The van der Waals surface area contributed by atoms with Crippen LogP contribution in [0.15, 0.2) is 12.3 Å². The van der Waals surface area contributed by atoms with Crippen LogP contribution in [-0.4, -0.2) is 23.5 Å². The molecule has 3 heterocycles. The van der Waals surface area contributed by atoms with Gasteiger partial charge in [0.25, 0.3) is 0 Å². The lowest BCUT2D eigenvalue weighted by atomic mass is 9.98. The molecule has 0 radical (unpaired) electrons. The molecule has 3 rings (SSSR count). The molecule has 0 saturated carbocycles. The minimum Gasteiger partial charge on any atom is -0.358 e. The van der Waals surface area contributed by atoms with Gasteiger partial charge in [-0.15, -0.1) is 0 Å². The van der Waals surface area contributed by atoms with Gasteiger partial charge < -0.3 is 10.2 Å². The van der Waals surface area contributed by atoms with Gasteiger partial charge in [-0.3, -0.25) is 4.79 Å². The van der Waals surface area contributed by atoms with Gasteiger partial charge >= 0.3 is 0 Å². The molecule has 5 heteroatoms. The number of hydrogen-bond donors (Lipinski definition) is 1. The van der Waals surface area contributed by atoms with E-state index in [0.717, 1.165) is 31.5 Å². The van der Waals surface area contributed by atoms with Gasteiger partial charge in [-0.2, -0.15) is 0 Å². The summed E-state index contributed by atoms with van der Waals surface area (Å²) in [4.78, 5) is 18.0. The van der Waals surface area contributed by atoms with Crippen molar-refractivity contribution in [2.75, 3.05) is 16.8 Å². The van der Waals surface area contributed by atoms with E-state index in [4.69, 9.17) is 11.6 Å². The van der Waals surface area contributed by atoms with Gasteiger partial charge in [-0.25, -0.2) is 4.98 Å². The zero-order valence-electron chi connectivity index (χ0n) is 8.74. The van der Waals surface area contributed by atoms with E-state index in [1.807, 2.05) is 6.07 Å². The first kappa shape index (κ1) is 9.90. The standard InChI is InChI=1S/C11H12ClN3O/c12-10-9-7(4-5-13-10)15-6-2-1-3-8(15)11(16)14-9/h4-5,8H,1-3,6H2,(H,14,16). The van der Waals surface area contributed by atoms with Crippen molar-refractivity contribution in [1.82, 2.24) is 4.98 Å². The largest absolute Gasteiger partial charge is 0.358 e. The van der Waals surface area contributed by atoms with Crippen molar-refractivity contribution in [3.05, 3.63) is 17.4 Å². The summed E-state index contributed by atoms with van der Waals surface area (Å²) in [5.41, 5.74) is 1.66. The minimum absolute atomic E-state index is 0.0280. The number of rotatable bonds is 0. The quantitative estimate of drug-likeness (QED) is 0.703. The molecular weight excluding hydrogens is 226 g/mol. The predicted octanol–water partition coefficient (Wildman–Crippen LogP) is 2.05. The predicted molar refractivity (Wildman–Crippen MR) is 62.9 cm³/mol. The highest BCUT2D eigenvalue weighted by atomic mass is 35.5. The third kappa shape index (κ3) is 1.37. The maximum atomic E-state index is 11.9. The van der Waals surface area contributed by atoms with Crippen molar-refractivity contribution in [3.63, 3.8) is 0 Å². The van der Waals surface area contributed by atoms with Crippen molar-refractivity contribution < 1.29 is 4.79 Å². The number of aromatic nitrogens is 1. The fraction of sp³-hybridized carbons (Fsp3) is 0.455. The summed E-state index contributed by atoms with van der Waals surface area (Å²) in [7, 11) is 0. The van der Waals surface area contributed by atoms with Crippen LogP contribution in [0.2, 0.25) is 5.15 Å². The van der Waals surface area contributed by atoms with E-state index in [2.05, 4.69) is 15.2 Å².